The average Bonchev–Trinajstić information content (AvgIpc) is 2.77. The summed E-state index contributed by atoms with van der Waals surface area (Å²) in [7, 11) is 0. The van der Waals surface area contributed by atoms with Gasteiger partial charge in [0.25, 0.3) is 5.91 Å². The van der Waals surface area contributed by atoms with Gasteiger partial charge in [-0.25, -0.2) is 4.98 Å². The topological polar surface area (TPSA) is 79.5 Å². The van der Waals surface area contributed by atoms with Crippen LogP contribution < -0.4 is 5.73 Å². The van der Waals surface area contributed by atoms with Crippen LogP contribution in [0.3, 0.4) is 0 Å². The van der Waals surface area contributed by atoms with Gasteiger partial charge in [0, 0.05) is 12.7 Å². The van der Waals surface area contributed by atoms with Crippen LogP contribution in [-0.2, 0) is 0 Å². The van der Waals surface area contributed by atoms with Crippen LogP contribution in [0.1, 0.15) is 23.2 Å². The summed E-state index contributed by atoms with van der Waals surface area (Å²) in [6.45, 7) is 0.685. The lowest BCUT2D eigenvalue weighted by Gasteiger charge is -2.23. The van der Waals surface area contributed by atoms with Crippen molar-refractivity contribution in [2.45, 2.75) is 18.9 Å². The number of nitrogens with zero attached hydrogens (tertiary/aromatic N) is 2. The van der Waals surface area contributed by atoms with Gasteiger partial charge in [0.2, 0.25) is 0 Å². The Morgan fingerprint density at radius 3 is 3.19 bits per heavy atom. The van der Waals surface area contributed by atoms with Crippen molar-refractivity contribution in [3.05, 3.63) is 23.9 Å². The van der Waals surface area contributed by atoms with E-state index in [1.165, 1.54) is 0 Å². The van der Waals surface area contributed by atoms with Crippen LogP contribution in [0.2, 0.25) is 0 Å². The molecular formula is C11H15N3O2. The fraction of sp³-hybridized carbons (Fsp3) is 0.455. The molecule has 2 rings (SSSR count). The average molecular weight is 221 g/mol. The molecule has 1 aliphatic rings. The SMILES string of the molecule is Nc1ncccc1C(=O)N1CCCC1CO. The molecule has 0 bridgehead atoms. The molecule has 86 valence electrons. The number of amides is 1. The normalized spacial score (nSPS) is 20.1. The number of hydrogen-bond acceptors (Lipinski definition) is 4. The summed E-state index contributed by atoms with van der Waals surface area (Å²) in [6, 6.07) is 3.28. The maximum atomic E-state index is 12.1. The fourth-order valence-electron chi connectivity index (χ4n) is 2.05. The number of nitrogens with two attached hydrogens (primary N) is 1. The van der Waals surface area contributed by atoms with Crippen molar-refractivity contribution in [2.24, 2.45) is 0 Å². The minimum absolute atomic E-state index is 0.00586. The van der Waals surface area contributed by atoms with Gasteiger partial charge in [-0.05, 0) is 25.0 Å². The predicted molar refractivity (Wildman–Crippen MR) is 59.8 cm³/mol. The highest BCUT2D eigenvalue weighted by molar-refractivity contribution is 5.98. The zero-order valence-corrected chi connectivity index (χ0v) is 8.97. The van der Waals surface area contributed by atoms with Crippen LogP contribution >= 0.6 is 0 Å². The first kappa shape index (κ1) is 10.9. The lowest BCUT2D eigenvalue weighted by molar-refractivity contribution is 0.0678. The third-order valence-corrected chi connectivity index (χ3v) is 2.92. The standard InChI is InChI=1S/C11H15N3O2/c12-10-9(4-1-5-13-10)11(16)14-6-2-3-8(14)7-15/h1,4-5,8,15H,2-3,6-7H2,(H2,12,13). The summed E-state index contributed by atoms with van der Waals surface area (Å²) >= 11 is 0. The van der Waals surface area contributed by atoms with E-state index in [0.717, 1.165) is 12.8 Å². The molecule has 0 aliphatic carbocycles. The first-order valence-corrected chi connectivity index (χ1v) is 5.36. The molecule has 1 aromatic heterocycles. The van der Waals surface area contributed by atoms with Crippen molar-refractivity contribution in [3.8, 4) is 0 Å². The van der Waals surface area contributed by atoms with Gasteiger partial charge < -0.3 is 15.7 Å². The molecule has 3 N–H and O–H groups in total. The number of anilines is 1. The summed E-state index contributed by atoms with van der Waals surface area (Å²) in [6.07, 6.45) is 3.33. The predicted octanol–water partition coefficient (Wildman–Crippen LogP) is 0.261. The molecule has 1 fully saturated rings. The molecule has 1 unspecified atom stereocenters. The van der Waals surface area contributed by atoms with Crippen LogP contribution in [0.15, 0.2) is 18.3 Å². The Balaban J connectivity index is 2.22. The van der Waals surface area contributed by atoms with Crippen LogP contribution in [0.25, 0.3) is 0 Å². The molecule has 1 aromatic rings. The van der Waals surface area contributed by atoms with E-state index in [-0.39, 0.29) is 24.4 Å². The Bertz CT molecular complexity index is 395. The number of nitrogen functional groups attached to an aromatic ring is 1. The second-order valence-corrected chi connectivity index (χ2v) is 3.91. The molecule has 0 radical (unpaired) electrons. The molecule has 1 atom stereocenters. The van der Waals surface area contributed by atoms with E-state index in [2.05, 4.69) is 4.98 Å². The third-order valence-electron chi connectivity index (χ3n) is 2.92. The van der Waals surface area contributed by atoms with Gasteiger partial charge in [-0.2, -0.15) is 0 Å². The number of pyridine rings is 1. The van der Waals surface area contributed by atoms with Gasteiger partial charge in [-0.1, -0.05) is 0 Å². The zero-order valence-electron chi connectivity index (χ0n) is 8.97. The Morgan fingerprint density at radius 2 is 2.50 bits per heavy atom. The van der Waals surface area contributed by atoms with Crippen molar-refractivity contribution >= 4 is 11.7 Å². The molecule has 5 heteroatoms. The van der Waals surface area contributed by atoms with Gasteiger partial charge >= 0.3 is 0 Å². The Labute approximate surface area is 93.9 Å². The zero-order chi connectivity index (χ0) is 11.5. The van der Waals surface area contributed by atoms with E-state index in [4.69, 9.17) is 10.8 Å². The van der Waals surface area contributed by atoms with Crippen molar-refractivity contribution in [1.29, 1.82) is 0 Å². The third kappa shape index (κ3) is 1.86. The molecule has 2 heterocycles. The van der Waals surface area contributed by atoms with E-state index in [0.29, 0.717) is 12.1 Å². The summed E-state index contributed by atoms with van der Waals surface area (Å²) < 4.78 is 0. The molecule has 1 amide bonds. The number of aliphatic hydroxyl groups excluding tert-OH is 1. The minimum Gasteiger partial charge on any atom is -0.394 e. The molecule has 16 heavy (non-hydrogen) atoms. The van der Waals surface area contributed by atoms with E-state index in [9.17, 15) is 4.79 Å². The fourth-order valence-corrected chi connectivity index (χ4v) is 2.05. The smallest absolute Gasteiger partial charge is 0.257 e. The van der Waals surface area contributed by atoms with E-state index in [1.807, 2.05) is 0 Å². The number of rotatable bonds is 2. The maximum Gasteiger partial charge on any atom is 0.257 e. The van der Waals surface area contributed by atoms with E-state index in [1.54, 1.807) is 23.2 Å². The van der Waals surface area contributed by atoms with Gasteiger partial charge in [0.15, 0.2) is 0 Å². The molecule has 0 saturated carbocycles. The van der Waals surface area contributed by atoms with Gasteiger partial charge in [0.05, 0.1) is 18.2 Å². The highest BCUT2D eigenvalue weighted by Gasteiger charge is 2.29. The van der Waals surface area contributed by atoms with Crippen molar-refractivity contribution in [1.82, 2.24) is 9.88 Å². The molecular weight excluding hydrogens is 206 g/mol. The summed E-state index contributed by atoms with van der Waals surface area (Å²) in [5.41, 5.74) is 6.07. The molecule has 1 aliphatic heterocycles. The number of likely N-dealkylation sites (tertiary alicyclic amines) is 1. The van der Waals surface area contributed by atoms with Gasteiger partial charge in [0.1, 0.15) is 5.82 Å². The van der Waals surface area contributed by atoms with E-state index < -0.39 is 0 Å². The summed E-state index contributed by atoms with van der Waals surface area (Å²) in [4.78, 5) is 17.7. The highest BCUT2D eigenvalue weighted by atomic mass is 16.3. The molecule has 0 spiro atoms. The van der Waals surface area contributed by atoms with Crippen molar-refractivity contribution in [2.75, 3.05) is 18.9 Å². The van der Waals surface area contributed by atoms with Crippen LogP contribution in [0, 0.1) is 0 Å². The lowest BCUT2D eigenvalue weighted by Crippen LogP contribution is -2.38. The summed E-state index contributed by atoms with van der Waals surface area (Å²) in [5.74, 6) is 0.109. The second-order valence-electron chi connectivity index (χ2n) is 3.91. The van der Waals surface area contributed by atoms with Crippen molar-refractivity contribution < 1.29 is 9.90 Å². The van der Waals surface area contributed by atoms with Gasteiger partial charge in [-0.15, -0.1) is 0 Å². The van der Waals surface area contributed by atoms with Crippen molar-refractivity contribution in [3.63, 3.8) is 0 Å². The molecule has 5 nitrogen and oxygen atoms in total. The lowest BCUT2D eigenvalue weighted by atomic mass is 10.2. The molecule has 0 aromatic carbocycles. The molecule has 1 saturated heterocycles. The minimum atomic E-state index is -0.137. The number of aromatic nitrogens is 1. The summed E-state index contributed by atoms with van der Waals surface area (Å²) in [5, 5.41) is 9.16. The number of carbonyl (C=O) groups is 1. The van der Waals surface area contributed by atoms with Gasteiger partial charge in [-0.3, -0.25) is 4.79 Å². The van der Waals surface area contributed by atoms with Crippen LogP contribution in [0.4, 0.5) is 5.82 Å². The largest absolute Gasteiger partial charge is 0.394 e. The first-order valence-electron chi connectivity index (χ1n) is 5.36. The second kappa shape index (κ2) is 4.49. The number of hydrogen-bond donors (Lipinski definition) is 2. The quantitative estimate of drug-likeness (QED) is 0.750. The Kier molecular flexibility index (Phi) is 3.05. The number of carbonyl (C=O) groups excluding carboxylic acids is 1. The monoisotopic (exact) mass is 221 g/mol. The Hall–Kier alpha value is -1.62. The van der Waals surface area contributed by atoms with Crippen LogP contribution in [0.5, 0.6) is 0 Å². The first-order chi connectivity index (χ1) is 7.74. The van der Waals surface area contributed by atoms with E-state index >= 15 is 0 Å². The maximum absolute atomic E-state index is 12.1. The Morgan fingerprint density at radius 1 is 1.69 bits per heavy atom. The highest BCUT2D eigenvalue weighted by Crippen LogP contribution is 2.21. The number of aliphatic hydroxyl groups is 1. The van der Waals surface area contributed by atoms with Crippen LogP contribution in [-0.4, -0.2) is 40.1 Å².